The topological polar surface area (TPSA) is 116 Å². The van der Waals surface area contributed by atoms with Crippen molar-refractivity contribution in [2.45, 2.75) is 45.4 Å². The molecule has 1 amide bonds. The van der Waals surface area contributed by atoms with Crippen molar-refractivity contribution in [2.75, 3.05) is 0 Å². The van der Waals surface area contributed by atoms with Crippen LogP contribution < -0.4 is 5.32 Å². The van der Waals surface area contributed by atoms with E-state index in [1.807, 2.05) is 0 Å². The van der Waals surface area contributed by atoms with Crippen molar-refractivity contribution in [3.05, 3.63) is 24.3 Å². The van der Waals surface area contributed by atoms with Gasteiger partial charge in [-0.3, -0.25) is 19.2 Å². The molecule has 0 aromatic rings. The summed E-state index contributed by atoms with van der Waals surface area (Å²) in [6.07, 6.45) is 1.69. The van der Waals surface area contributed by atoms with E-state index in [1.54, 1.807) is 0 Å². The smallest absolute Gasteiger partial charge is 0.331 e. The van der Waals surface area contributed by atoms with E-state index >= 15 is 0 Å². The third kappa shape index (κ3) is 6.55. The predicted molar refractivity (Wildman–Crippen MR) is 81.6 cm³/mol. The Hall–Kier alpha value is -2.77. The van der Waals surface area contributed by atoms with Gasteiger partial charge in [-0.15, -0.1) is 0 Å². The second-order valence-corrected chi connectivity index (χ2v) is 5.29. The van der Waals surface area contributed by atoms with Crippen molar-refractivity contribution in [3.63, 3.8) is 0 Å². The maximum atomic E-state index is 11.8. The zero-order chi connectivity index (χ0) is 18.3. The molecule has 1 aliphatic heterocycles. The Kier molecular flexibility index (Phi) is 7.03. The summed E-state index contributed by atoms with van der Waals surface area (Å²) in [7, 11) is 0. The molecule has 0 saturated heterocycles. The van der Waals surface area contributed by atoms with Crippen molar-refractivity contribution >= 4 is 29.4 Å². The summed E-state index contributed by atoms with van der Waals surface area (Å²) in [6, 6.07) is -0.887. The molecule has 1 aliphatic rings. The van der Waals surface area contributed by atoms with Crippen LogP contribution in [-0.2, 0) is 33.4 Å². The van der Waals surface area contributed by atoms with E-state index in [9.17, 15) is 24.0 Å². The van der Waals surface area contributed by atoms with Gasteiger partial charge in [0.2, 0.25) is 5.91 Å². The van der Waals surface area contributed by atoms with E-state index in [0.717, 1.165) is 24.3 Å². The number of carbonyl (C=O) groups excluding carboxylic acids is 5. The summed E-state index contributed by atoms with van der Waals surface area (Å²) in [5.74, 6) is -3.31. The highest BCUT2D eigenvalue weighted by Crippen LogP contribution is 2.05. The van der Waals surface area contributed by atoms with E-state index < -0.39 is 47.7 Å². The SMILES string of the molecule is CC1CC(=O)O[C@@H](C)C(=O)/C=C/C(=O)N[C@@H](C)C(=O)/C=C/C(=O)O1. The number of ketones is 2. The highest BCUT2D eigenvalue weighted by molar-refractivity contribution is 6.03. The van der Waals surface area contributed by atoms with Crippen molar-refractivity contribution in [1.29, 1.82) is 0 Å². The van der Waals surface area contributed by atoms with E-state index in [0.29, 0.717) is 0 Å². The molecule has 0 aromatic heterocycles. The number of hydrogen-bond acceptors (Lipinski definition) is 7. The van der Waals surface area contributed by atoms with Gasteiger partial charge in [0.1, 0.15) is 6.10 Å². The number of hydrogen-bond donors (Lipinski definition) is 1. The van der Waals surface area contributed by atoms with Gasteiger partial charge in [-0.25, -0.2) is 4.79 Å². The molecule has 1 rings (SSSR count). The molecule has 1 heterocycles. The average molecular weight is 337 g/mol. The molecule has 3 atom stereocenters. The quantitative estimate of drug-likeness (QED) is 0.619. The number of rotatable bonds is 0. The van der Waals surface area contributed by atoms with Crippen molar-refractivity contribution in [1.82, 2.24) is 5.32 Å². The summed E-state index contributed by atoms with van der Waals surface area (Å²) in [5.41, 5.74) is 0. The molecule has 24 heavy (non-hydrogen) atoms. The van der Waals surface area contributed by atoms with Crippen LogP contribution in [0.2, 0.25) is 0 Å². The lowest BCUT2D eigenvalue weighted by atomic mass is 10.2. The molecule has 130 valence electrons. The first-order valence-electron chi connectivity index (χ1n) is 7.33. The standard InChI is InChI=1S/C16H19NO7/c1-9-8-16(22)24-11(3)13(19)4-6-14(20)17-10(2)12(18)5-7-15(21)23-9/h4-7,9-11H,8H2,1-3H3,(H,17,20)/b6-4+,7-5+/t9?,10-,11-/m0/s1. The lowest BCUT2D eigenvalue weighted by Crippen LogP contribution is -2.37. The van der Waals surface area contributed by atoms with Crippen molar-refractivity contribution < 1.29 is 33.4 Å². The summed E-state index contributed by atoms with van der Waals surface area (Å²) >= 11 is 0. The Balaban J connectivity index is 2.95. The van der Waals surface area contributed by atoms with Gasteiger partial charge in [0.25, 0.3) is 0 Å². The second-order valence-electron chi connectivity index (χ2n) is 5.29. The molecule has 1 N–H and O–H groups in total. The van der Waals surface area contributed by atoms with Crippen LogP contribution in [0, 0.1) is 0 Å². The summed E-state index contributed by atoms with van der Waals surface area (Å²) in [4.78, 5) is 58.4. The van der Waals surface area contributed by atoms with Crippen molar-refractivity contribution in [2.24, 2.45) is 0 Å². The fourth-order valence-electron chi connectivity index (χ4n) is 1.74. The fourth-order valence-corrected chi connectivity index (χ4v) is 1.74. The predicted octanol–water partition coefficient (Wildman–Crippen LogP) is 0.00880. The average Bonchev–Trinajstić information content (AvgIpc) is 2.48. The monoisotopic (exact) mass is 337 g/mol. The Labute approximate surface area is 138 Å². The van der Waals surface area contributed by atoms with Gasteiger partial charge in [-0.1, -0.05) is 0 Å². The summed E-state index contributed by atoms with van der Waals surface area (Å²) < 4.78 is 9.83. The first-order valence-corrected chi connectivity index (χ1v) is 7.33. The van der Waals surface area contributed by atoms with Crippen molar-refractivity contribution in [3.8, 4) is 0 Å². The number of amides is 1. The number of esters is 2. The molecule has 0 bridgehead atoms. The molecule has 0 saturated carbocycles. The van der Waals surface area contributed by atoms with Gasteiger partial charge >= 0.3 is 11.9 Å². The van der Waals surface area contributed by atoms with Crippen LogP contribution in [0.25, 0.3) is 0 Å². The number of cyclic esters (lactones) is 2. The third-order valence-electron chi connectivity index (χ3n) is 3.05. The van der Waals surface area contributed by atoms with E-state index in [4.69, 9.17) is 9.47 Å². The van der Waals surface area contributed by atoms with E-state index in [2.05, 4.69) is 5.32 Å². The highest BCUT2D eigenvalue weighted by atomic mass is 16.6. The normalized spacial score (nSPS) is 30.1. The number of ether oxygens (including phenoxy) is 2. The zero-order valence-electron chi connectivity index (χ0n) is 13.6. The molecule has 8 heteroatoms. The highest BCUT2D eigenvalue weighted by Gasteiger charge is 2.20. The molecule has 0 spiro atoms. The van der Waals surface area contributed by atoms with Crippen LogP contribution >= 0.6 is 0 Å². The minimum atomic E-state index is -1.09. The van der Waals surface area contributed by atoms with Crippen LogP contribution in [0.15, 0.2) is 24.3 Å². The zero-order valence-corrected chi connectivity index (χ0v) is 13.6. The number of nitrogens with one attached hydrogen (secondary N) is 1. The largest absolute Gasteiger partial charge is 0.459 e. The molecular formula is C16H19NO7. The minimum Gasteiger partial charge on any atom is -0.459 e. The Morgan fingerprint density at radius 2 is 1.50 bits per heavy atom. The van der Waals surface area contributed by atoms with E-state index in [-0.39, 0.29) is 6.42 Å². The second kappa shape index (κ2) is 8.76. The van der Waals surface area contributed by atoms with Crippen LogP contribution in [-0.4, -0.2) is 47.7 Å². The van der Waals surface area contributed by atoms with E-state index in [1.165, 1.54) is 20.8 Å². The molecule has 0 fully saturated rings. The van der Waals surface area contributed by atoms with Gasteiger partial charge in [-0.2, -0.15) is 0 Å². The Morgan fingerprint density at radius 1 is 0.875 bits per heavy atom. The Morgan fingerprint density at radius 3 is 2.17 bits per heavy atom. The van der Waals surface area contributed by atoms with Crippen LogP contribution in [0.5, 0.6) is 0 Å². The van der Waals surface area contributed by atoms with Gasteiger partial charge in [0.05, 0.1) is 12.5 Å². The lowest BCUT2D eigenvalue weighted by Gasteiger charge is -2.14. The minimum absolute atomic E-state index is 0.244. The molecule has 0 radical (unpaired) electrons. The maximum absolute atomic E-state index is 11.8. The van der Waals surface area contributed by atoms with Gasteiger partial charge in [0, 0.05) is 12.2 Å². The lowest BCUT2D eigenvalue weighted by molar-refractivity contribution is -0.157. The first kappa shape index (κ1) is 19.3. The van der Waals surface area contributed by atoms with Crippen LogP contribution in [0.1, 0.15) is 27.2 Å². The molecule has 0 aliphatic carbocycles. The first-order chi connectivity index (χ1) is 11.2. The van der Waals surface area contributed by atoms with Crippen LogP contribution in [0.3, 0.4) is 0 Å². The molecular weight excluding hydrogens is 318 g/mol. The van der Waals surface area contributed by atoms with Gasteiger partial charge in [-0.05, 0) is 32.9 Å². The summed E-state index contributed by atoms with van der Waals surface area (Å²) in [5, 5.41) is 2.34. The molecule has 0 aromatic carbocycles. The van der Waals surface area contributed by atoms with Gasteiger partial charge < -0.3 is 14.8 Å². The Bertz CT molecular complexity index is 606. The van der Waals surface area contributed by atoms with Crippen LogP contribution in [0.4, 0.5) is 0 Å². The number of carbonyl (C=O) groups is 5. The van der Waals surface area contributed by atoms with Gasteiger partial charge in [0.15, 0.2) is 17.7 Å². The third-order valence-corrected chi connectivity index (χ3v) is 3.05. The molecule has 1 unspecified atom stereocenters. The fraction of sp³-hybridized carbons (Fsp3) is 0.438. The summed E-state index contributed by atoms with van der Waals surface area (Å²) in [6.45, 7) is 4.27. The maximum Gasteiger partial charge on any atom is 0.331 e. The molecule has 8 nitrogen and oxygen atoms in total.